The van der Waals surface area contributed by atoms with Gasteiger partial charge < -0.3 is 14.9 Å². The Morgan fingerprint density at radius 3 is 2.39 bits per heavy atom. The highest BCUT2D eigenvalue weighted by Crippen LogP contribution is 2.27. The Morgan fingerprint density at radius 1 is 1.26 bits per heavy atom. The van der Waals surface area contributed by atoms with E-state index >= 15 is 0 Å². The summed E-state index contributed by atoms with van der Waals surface area (Å²) in [4.78, 5) is 21.4. The van der Waals surface area contributed by atoms with Gasteiger partial charge in [-0.3, -0.25) is 4.79 Å². The van der Waals surface area contributed by atoms with Crippen molar-refractivity contribution in [3.8, 4) is 6.57 Å². The van der Waals surface area contributed by atoms with Gasteiger partial charge in [0.25, 0.3) is 0 Å². The van der Waals surface area contributed by atoms with Crippen molar-refractivity contribution in [1.82, 2.24) is 9.88 Å². The highest BCUT2D eigenvalue weighted by atomic mass is 32.2. The monoisotopic (exact) mass is 448 g/mol. The molecule has 7 heteroatoms. The molecule has 0 aromatic carbocycles. The molecule has 1 saturated carbocycles. The van der Waals surface area contributed by atoms with Gasteiger partial charge in [-0.05, 0) is 49.6 Å². The maximum Gasteiger partial charge on any atom is 0.223 e. The van der Waals surface area contributed by atoms with Crippen molar-refractivity contribution in [3.05, 3.63) is 23.4 Å². The van der Waals surface area contributed by atoms with Crippen LogP contribution in [0.5, 0.6) is 0 Å². The number of carbonyl (C=O) groups excluding carboxylic acids is 1. The Kier molecular flexibility index (Phi) is 12.0. The van der Waals surface area contributed by atoms with Crippen LogP contribution in [0.15, 0.2) is 12.3 Å². The molecule has 2 aliphatic rings. The molecule has 1 amide bonds. The predicted molar refractivity (Wildman–Crippen MR) is 130 cm³/mol. The van der Waals surface area contributed by atoms with Crippen molar-refractivity contribution in [2.24, 2.45) is 5.92 Å². The number of hydrogen-bond donors (Lipinski definition) is 1. The molecule has 1 aliphatic heterocycles. The molecule has 3 rings (SSSR count). The molecule has 0 bridgehead atoms. The number of aromatic nitrogens is 1. The number of aliphatic hydroxyl groups is 1. The number of hydrogen-bond acceptors (Lipinski definition) is 6. The molecule has 2 heterocycles. The normalized spacial score (nSPS) is 16.7. The Bertz CT molecular complexity index is 701. The second-order valence-corrected chi connectivity index (χ2v) is 10.1. The summed E-state index contributed by atoms with van der Waals surface area (Å²) in [5.74, 6) is 2.59. The summed E-state index contributed by atoms with van der Waals surface area (Å²) in [5, 5.41) is 16.1. The van der Waals surface area contributed by atoms with Gasteiger partial charge in [0, 0.05) is 44.6 Å². The van der Waals surface area contributed by atoms with E-state index in [0.29, 0.717) is 12.3 Å². The molecule has 0 radical (unpaired) electrons. The van der Waals surface area contributed by atoms with Crippen LogP contribution in [0.25, 0.3) is 0 Å². The minimum atomic E-state index is -0.219. The fraction of sp³-hybridized carbons (Fsp3) is 0.708. The third-order valence-corrected chi connectivity index (χ3v) is 5.88. The van der Waals surface area contributed by atoms with Crippen molar-refractivity contribution in [3.63, 3.8) is 0 Å². The predicted octanol–water partition coefficient (Wildman–Crippen LogP) is 4.26. The van der Waals surface area contributed by atoms with Gasteiger partial charge in [-0.2, -0.15) is 11.8 Å². The van der Waals surface area contributed by atoms with Gasteiger partial charge in [0.15, 0.2) is 0 Å². The van der Waals surface area contributed by atoms with E-state index in [-0.39, 0.29) is 18.1 Å². The molecule has 31 heavy (non-hydrogen) atoms. The zero-order chi connectivity index (χ0) is 23.4. The Morgan fingerprint density at radius 2 is 1.90 bits per heavy atom. The van der Waals surface area contributed by atoms with Gasteiger partial charge >= 0.3 is 0 Å². The number of rotatable bonds is 7. The number of pyridine rings is 1. The number of nitrogens with zero attached hydrogens (tertiary/aromatic N) is 4. The van der Waals surface area contributed by atoms with Gasteiger partial charge in [-0.25, -0.2) is 10.2 Å². The lowest BCUT2D eigenvalue weighted by molar-refractivity contribution is -0.136. The molecule has 0 unspecified atom stereocenters. The van der Waals surface area contributed by atoms with Crippen molar-refractivity contribution in [1.29, 1.82) is 5.26 Å². The van der Waals surface area contributed by atoms with Crippen LogP contribution in [-0.2, 0) is 17.8 Å². The highest BCUT2D eigenvalue weighted by Gasteiger charge is 2.36. The van der Waals surface area contributed by atoms with Crippen LogP contribution in [0, 0.1) is 17.8 Å². The van der Waals surface area contributed by atoms with E-state index in [1.54, 1.807) is 18.0 Å². The molecule has 174 valence electrons. The summed E-state index contributed by atoms with van der Waals surface area (Å²) >= 11 is 1.71. The summed E-state index contributed by atoms with van der Waals surface area (Å²) < 4.78 is 0. The quantitative estimate of drug-likeness (QED) is 0.671. The molecular formula is C24H40N4O2S. The smallest absolute Gasteiger partial charge is 0.223 e. The lowest BCUT2D eigenvalue weighted by Crippen LogP contribution is -2.61. The summed E-state index contributed by atoms with van der Waals surface area (Å²) in [7, 11) is 0. The van der Waals surface area contributed by atoms with Crippen molar-refractivity contribution in [2.75, 3.05) is 36.5 Å². The molecule has 0 atom stereocenters. The molecule has 0 spiro atoms. The number of nitriles is 1. The summed E-state index contributed by atoms with van der Waals surface area (Å²) in [5.41, 5.74) is 1.86. The first kappa shape index (κ1) is 27.3. The van der Waals surface area contributed by atoms with E-state index in [1.165, 1.54) is 24.8 Å². The second kappa shape index (κ2) is 13.6. The average Bonchev–Trinajstić information content (AvgIpc) is 3.61. The largest absolute Gasteiger partial charge is 0.392 e. The number of carbonyl (C=O) groups is 1. The van der Waals surface area contributed by atoms with Crippen molar-refractivity contribution < 1.29 is 9.90 Å². The SMILES string of the molecule is C#N.C1CC1.CSCCC(=O)N1CCN(c2cc(CC(C)C)c(CO)cn2)CC1(C)C. The molecule has 2 fully saturated rings. The molecule has 1 aliphatic carbocycles. The van der Waals surface area contributed by atoms with Gasteiger partial charge in [-0.1, -0.05) is 33.1 Å². The van der Waals surface area contributed by atoms with E-state index in [0.717, 1.165) is 43.2 Å². The summed E-state index contributed by atoms with van der Waals surface area (Å²) in [6.07, 6.45) is 9.87. The van der Waals surface area contributed by atoms with Crippen LogP contribution < -0.4 is 4.90 Å². The van der Waals surface area contributed by atoms with Crippen molar-refractivity contribution in [2.45, 2.75) is 71.9 Å². The fourth-order valence-corrected chi connectivity index (χ4v) is 3.97. The van der Waals surface area contributed by atoms with E-state index < -0.39 is 0 Å². The number of aliphatic hydroxyl groups excluding tert-OH is 1. The maximum atomic E-state index is 12.5. The first-order valence-corrected chi connectivity index (χ1v) is 12.6. The Labute approximate surface area is 193 Å². The summed E-state index contributed by atoms with van der Waals surface area (Å²) in [6.45, 7) is 14.4. The number of thioether (sulfide) groups is 1. The standard InChI is InChI=1S/C20H33N3O2S.C3H6.CHN/c1-15(2)10-16-11-18(21-12-17(16)13-24)22-7-8-23(20(3,4)14-22)19(25)6-9-26-5;1-2-3-1;1-2/h11-12,15,24H,6-10,13-14H2,1-5H3;1-3H2;1H. The fourth-order valence-electron chi connectivity index (χ4n) is 3.59. The Hall–Kier alpha value is -1.78. The molecule has 1 N–H and O–H groups in total. The molecule has 1 aromatic rings. The third-order valence-electron chi connectivity index (χ3n) is 5.27. The minimum Gasteiger partial charge on any atom is -0.392 e. The number of piperazine rings is 1. The van der Waals surface area contributed by atoms with E-state index in [1.807, 2.05) is 11.2 Å². The van der Waals surface area contributed by atoms with Crippen LogP contribution >= 0.6 is 11.8 Å². The van der Waals surface area contributed by atoms with E-state index in [2.05, 4.69) is 50.2 Å². The van der Waals surface area contributed by atoms with Gasteiger partial charge in [0.2, 0.25) is 5.91 Å². The molecule has 6 nitrogen and oxygen atoms in total. The first-order valence-electron chi connectivity index (χ1n) is 11.2. The van der Waals surface area contributed by atoms with E-state index in [4.69, 9.17) is 5.26 Å². The highest BCUT2D eigenvalue weighted by molar-refractivity contribution is 7.98. The third kappa shape index (κ3) is 9.08. The average molecular weight is 449 g/mol. The molecule has 1 saturated heterocycles. The maximum absolute atomic E-state index is 12.5. The zero-order valence-corrected chi connectivity index (χ0v) is 20.7. The lowest BCUT2D eigenvalue weighted by Gasteiger charge is -2.47. The second-order valence-electron chi connectivity index (χ2n) is 9.15. The van der Waals surface area contributed by atoms with Crippen LogP contribution in [0.3, 0.4) is 0 Å². The van der Waals surface area contributed by atoms with Crippen LogP contribution in [0.2, 0.25) is 0 Å². The van der Waals surface area contributed by atoms with Crippen molar-refractivity contribution >= 4 is 23.5 Å². The lowest BCUT2D eigenvalue weighted by atomic mass is 9.97. The zero-order valence-electron chi connectivity index (χ0n) is 19.9. The van der Waals surface area contributed by atoms with Crippen LogP contribution in [0.1, 0.15) is 64.5 Å². The number of amides is 1. The molecular weight excluding hydrogens is 408 g/mol. The minimum absolute atomic E-state index is 0.0263. The topological polar surface area (TPSA) is 80.5 Å². The number of anilines is 1. The van der Waals surface area contributed by atoms with Gasteiger partial charge in [-0.15, -0.1) is 0 Å². The van der Waals surface area contributed by atoms with Gasteiger partial charge in [0.1, 0.15) is 5.82 Å². The Balaban J connectivity index is 0.000000859. The summed E-state index contributed by atoms with van der Waals surface area (Å²) in [6, 6.07) is 2.12. The molecule has 1 aromatic heterocycles. The van der Waals surface area contributed by atoms with Crippen LogP contribution in [-0.4, -0.2) is 58.1 Å². The van der Waals surface area contributed by atoms with E-state index in [9.17, 15) is 9.90 Å². The van der Waals surface area contributed by atoms with Crippen LogP contribution in [0.4, 0.5) is 5.82 Å². The van der Waals surface area contributed by atoms with Gasteiger partial charge in [0.05, 0.1) is 12.1 Å². The first-order chi connectivity index (χ1) is 14.8.